The van der Waals surface area contributed by atoms with Gasteiger partial charge in [-0.1, -0.05) is 30.3 Å². The number of aliphatic hydroxyl groups is 2. The second-order valence-corrected chi connectivity index (χ2v) is 6.65. The fraction of sp³-hybridized carbons (Fsp3) is 0.444. The van der Waals surface area contributed by atoms with Crippen LogP contribution in [-0.2, 0) is 13.0 Å². The van der Waals surface area contributed by atoms with Crippen molar-refractivity contribution in [2.24, 2.45) is 5.41 Å². The molecule has 24 heavy (non-hydrogen) atoms. The first-order valence-electron chi connectivity index (χ1n) is 8.23. The second-order valence-electron chi connectivity index (χ2n) is 6.65. The number of aromatic nitrogens is 2. The molecule has 6 heteroatoms. The predicted octanol–water partition coefficient (Wildman–Crippen LogP) is 0.847. The second kappa shape index (κ2) is 7.25. The molecule has 2 heterocycles. The standard InChI is InChI=1S/C18H24N4O2/c19-17-20-9-15(10-21-17)11-22-7-6-16(24)18(12-22,13-23)8-14-4-2-1-3-5-14/h1-5,9-10,16,23-24H,6-8,11-13H2,(H2,19,20,21)/t16-,18+/m1/s1. The molecule has 0 aliphatic carbocycles. The fourth-order valence-corrected chi connectivity index (χ4v) is 3.47. The summed E-state index contributed by atoms with van der Waals surface area (Å²) in [4.78, 5) is 10.3. The Morgan fingerprint density at radius 3 is 2.54 bits per heavy atom. The van der Waals surface area contributed by atoms with Crippen molar-refractivity contribution in [3.05, 3.63) is 53.9 Å². The van der Waals surface area contributed by atoms with Gasteiger partial charge in [-0.25, -0.2) is 9.97 Å². The molecule has 2 aromatic rings. The minimum absolute atomic E-state index is 0.0439. The molecular weight excluding hydrogens is 304 g/mol. The number of likely N-dealkylation sites (tertiary alicyclic amines) is 1. The summed E-state index contributed by atoms with van der Waals surface area (Å²) in [5, 5.41) is 20.6. The van der Waals surface area contributed by atoms with Gasteiger partial charge in [0, 0.05) is 43.0 Å². The van der Waals surface area contributed by atoms with Crippen LogP contribution in [0.25, 0.3) is 0 Å². The van der Waals surface area contributed by atoms with Crippen LogP contribution in [0.1, 0.15) is 17.5 Å². The maximum Gasteiger partial charge on any atom is 0.219 e. The van der Waals surface area contributed by atoms with E-state index in [2.05, 4.69) is 14.9 Å². The summed E-state index contributed by atoms with van der Waals surface area (Å²) >= 11 is 0. The van der Waals surface area contributed by atoms with Crippen LogP contribution in [0.5, 0.6) is 0 Å². The molecule has 0 spiro atoms. The topological polar surface area (TPSA) is 95.5 Å². The van der Waals surface area contributed by atoms with E-state index in [1.54, 1.807) is 12.4 Å². The van der Waals surface area contributed by atoms with Crippen molar-refractivity contribution in [2.75, 3.05) is 25.4 Å². The lowest BCUT2D eigenvalue weighted by Crippen LogP contribution is -2.54. The number of nitrogen functional groups attached to an aromatic ring is 1. The smallest absolute Gasteiger partial charge is 0.219 e. The summed E-state index contributed by atoms with van der Waals surface area (Å²) < 4.78 is 0. The first-order valence-corrected chi connectivity index (χ1v) is 8.23. The monoisotopic (exact) mass is 328 g/mol. The molecule has 1 aromatic heterocycles. The van der Waals surface area contributed by atoms with E-state index < -0.39 is 11.5 Å². The maximum atomic E-state index is 10.6. The highest BCUT2D eigenvalue weighted by molar-refractivity contribution is 5.19. The molecule has 0 radical (unpaired) electrons. The van der Waals surface area contributed by atoms with Gasteiger partial charge in [0.25, 0.3) is 0 Å². The van der Waals surface area contributed by atoms with Gasteiger partial charge in [-0.05, 0) is 18.4 Å². The Morgan fingerprint density at radius 1 is 1.17 bits per heavy atom. The van der Waals surface area contributed by atoms with Gasteiger partial charge in [0.15, 0.2) is 0 Å². The Hall–Kier alpha value is -2.02. The van der Waals surface area contributed by atoms with Crippen molar-refractivity contribution in [1.82, 2.24) is 14.9 Å². The molecular formula is C18H24N4O2. The van der Waals surface area contributed by atoms with Gasteiger partial charge >= 0.3 is 0 Å². The Kier molecular flexibility index (Phi) is 5.08. The molecule has 3 rings (SSSR count). The number of aliphatic hydroxyl groups excluding tert-OH is 2. The number of piperidine rings is 1. The number of rotatable bonds is 5. The fourth-order valence-electron chi connectivity index (χ4n) is 3.47. The zero-order valence-electron chi connectivity index (χ0n) is 13.7. The van der Waals surface area contributed by atoms with Crippen molar-refractivity contribution in [3.8, 4) is 0 Å². The van der Waals surface area contributed by atoms with Gasteiger partial charge in [0.05, 0.1) is 12.7 Å². The summed E-state index contributed by atoms with van der Waals surface area (Å²) in [6.45, 7) is 2.05. The molecule has 1 saturated heterocycles. The van der Waals surface area contributed by atoms with Gasteiger partial charge < -0.3 is 15.9 Å². The predicted molar refractivity (Wildman–Crippen MR) is 92.0 cm³/mol. The highest BCUT2D eigenvalue weighted by Crippen LogP contribution is 2.34. The molecule has 128 valence electrons. The Bertz CT molecular complexity index is 650. The number of benzene rings is 1. The molecule has 1 aliphatic rings. The molecule has 1 aliphatic heterocycles. The van der Waals surface area contributed by atoms with Crippen molar-refractivity contribution in [2.45, 2.75) is 25.5 Å². The van der Waals surface area contributed by atoms with Crippen LogP contribution in [0.2, 0.25) is 0 Å². The van der Waals surface area contributed by atoms with E-state index in [1.165, 1.54) is 0 Å². The third-order valence-electron chi connectivity index (χ3n) is 4.81. The lowest BCUT2D eigenvalue weighted by Gasteiger charge is -2.45. The summed E-state index contributed by atoms with van der Waals surface area (Å²) in [6, 6.07) is 10.0. The third-order valence-corrected chi connectivity index (χ3v) is 4.81. The van der Waals surface area contributed by atoms with Gasteiger partial charge in [-0.2, -0.15) is 0 Å². The molecule has 0 bridgehead atoms. The van der Waals surface area contributed by atoms with E-state index in [-0.39, 0.29) is 12.6 Å². The van der Waals surface area contributed by atoms with Crippen LogP contribution in [0.4, 0.5) is 5.95 Å². The van der Waals surface area contributed by atoms with Crippen LogP contribution in [0, 0.1) is 5.41 Å². The maximum absolute atomic E-state index is 10.6. The third kappa shape index (κ3) is 3.72. The molecule has 4 N–H and O–H groups in total. The lowest BCUT2D eigenvalue weighted by atomic mass is 9.73. The average molecular weight is 328 g/mol. The Labute approximate surface area is 142 Å². The van der Waals surface area contributed by atoms with E-state index >= 15 is 0 Å². The van der Waals surface area contributed by atoms with Crippen molar-refractivity contribution in [1.29, 1.82) is 0 Å². The minimum Gasteiger partial charge on any atom is -0.396 e. The molecule has 0 saturated carbocycles. The van der Waals surface area contributed by atoms with Crippen molar-refractivity contribution < 1.29 is 10.2 Å². The number of hydrogen-bond acceptors (Lipinski definition) is 6. The average Bonchev–Trinajstić information content (AvgIpc) is 2.61. The molecule has 1 fully saturated rings. The van der Waals surface area contributed by atoms with Gasteiger partial charge in [-0.3, -0.25) is 4.90 Å². The minimum atomic E-state index is -0.547. The summed E-state index contributed by atoms with van der Waals surface area (Å²) in [5.74, 6) is 0.265. The summed E-state index contributed by atoms with van der Waals surface area (Å²) in [6.07, 6.45) is 4.24. The number of hydrogen-bond donors (Lipinski definition) is 3. The van der Waals surface area contributed by atoms with Crippen LogP contribution in [0.15, 0.2) is 42.7 Å². The molecule has 1 aromatic carbocycles. The zero-order valence-corrected chi connectivity index (χ0v) is 13.7. The van der Waals surface area contributed by atoms with Gasteiger partial charge in [0.1, 0.15) is 0 Å². The highest BCUT2D eigenvalue weighted by atomic mass is 16.3. The lowest BCUT2D eigenvalue weighted by molar-refractivity contribution is -0.0768. The molecule has 6 nitrogen and oxygen atoms in total. The van der Waals surface area contributed by atoms with E-state index in [0.717, 1.165) is 17.7 Å². The van der Waals surface area contributed by atoms with Gasteiger partial charge in [-0.15, -0.1) is 0 Å². The first-order chi connectivity index (χ1) is 11.6. The normalized spacial score (nSPS) is 24.8. The quantitative estimate of drug-likeness (QED) is 0.753. The van der Waals surface area contributed by atoms with E-state index in [9.17, 15) is 10.2 Å². The zero-order chi connectivity index (χ0) is 17.0. The van der Waals surface area contributed by atoms with E-state index in [4.69, 9.17) is 5.73 Å². The first kappa shape index (κ1) is 16.8. The summed E-state index contributed by atoms with van der Waals surface area (Å²) in [7, 11) is 0. The molecule has 2 atom stereocenters. The molecule has 0 unspecified atom stereocenters. The largest absolute Gasteiger partial charge is 0.396 e. The van der Waals surface area contributed by atoms with E-state index in [1.807, 2.05) is 30.3 Å². The summed E-state index contributed by atoms with van der Waals surface area (Å²) in [5.41, 5.74) is 7.09. The Balaban J connectivity index is 1.74. The van der Waals surface area contributed by atoms with Crippen LogP contribution < -0.4 is 5.73 Å². The highest BCUT2D eigenvalue weighted by Gasteiger charge is 2.42. The SMILES string of the molecule is Nc1ncc(CN2CC[C@@H](O)[C@@](CO)(Cc3ccccc3)C2)cn1. The van der Waals surface area contributed by atoms with Gasteiger partial charge in [0.2, 0.25) is 5.95 Å². The Morgan fingerprint density at radius 2 is 1.88 bits per heavy atom. The number of nitrogens with two attached hydrogens (primary N) is 1. The van der Waals surface area contributed by atoms with Crippen LogP contribution in [-0.4, -0.2) is 50.9 Å². The number of nitrogens with zero attached hydrogens (tertiary/aromatic N) is 3. The van der Waals surface area contributed by atoms with E-state index in [0.29, 0.717) is 25.9 Å². The number of anilines is 1. The van der Waals surface area contributed by atoms with Crippen molar-refractivity contribution in [3.63, 3.8) is 0 Å². The van der Waals surface area contributed by atoms with Crippen molar-refractivity contribution >= 4 is 5.95 Å². The van der Waals surface area contributed by atoms with Crippen LogP contribution in [0.3, 0.4) is 0 Å². The van der Waals surface area contributed by atoms with Crippen LogP contribution >= 0.6 is 0 Å². The molecule has 0 amide bonds.